The van der Waals surface area contributed by atoms with E-state index in [0.717, 1.165) is 0 Å². The van der Waals surface area contributed by atoms with Crippen molar-refractivity contribution in [1.82, 2.24) is 10.2 Å². The number of allylic oxidation sites excluding steroid dienone is 1. The number of thiocarbonyl (C=S) groups is 1. The van der Waals surface area contributed by atoms with Crippen LogP contribution in [0.1, 0.15) is 53.9 Å². The largest absolute Gasteiger partial charge is 0.463 e. The Morgan fingerprint density at radius 1 is 1.03 bits per heavy atom. The third-order valence-corrected chi connectivity index (χ3v) is 6.07. The van der Waals surface area contributed by atoms with Crippen molar-refractivity contribution in [3.05, 3.63) is 76.0 Å². The molecule has 6 nitrogen and oxygen atoms in total. The van der Waals surface area contributed by atoms with Crippen molar-refractivity contribution in [2.45, 2.75) is 39.2 Å². The lowest BCUT2D eigenvalue weighted by Crippen LogP contribution is -2.47. The van der Waals surface area contributed by atoms with Crippen LogP contribution in [0.5, 0.6) is 0 Å². The smallest absolute Gasteiger partial charge is 0.416 e. The molecule has 3 rings (SSSR count). The number of hydrogen-bond donors (Lipinski definition) is 2. The van der Waals surface area contributed by atoms with Crippen molar-refractivity contribution in [3.8, 4) is 0 Å². The van der Waals surface area contributed by atoms with Gasteiger partial charge in [0.05, 0.1) is 29.3 Å². The number of carbonyl (C=O) groups excluding carboxylic acids is 2. The fourth-order valence-electron chi connectivity index (χ4n) is 3.97. The van der Waals surface area contributed by atoms with E-state index in [4.69, 9.17) is 17.0 Å². The first-order valence-electron chi connectivity index (χ1n) is 11.3. The number of nitrogens with one attached hydrogen (secondary N) is 2. The zero-order valence-electron chi connectivity index (χ0n) is 20.4. The van der Waals surface area contributed by atoms with Crippen LogP contribution in [0.4, 0.5) is 32.0 Å². The third kappa shape index (κ3) is 6.26. The van der Waals surface area contributed by atoms with Gasteiger partial charge in [-0.3, -0.25) is 4.79 Å². The highest BCUT2D eigenvalue weighted by atomic mass is 32.1. The summed E-state index contributed by atoms with van der Waals surface area (Å²) in [4.78, 5) is 27.2. The van der Waals surface area contributed by atoms with Crippen molar-refractivity contribution >= 4 is 34.9 Å². The number of benzene rings is 2. The number of alkyl halides is 6. The number of rotatable bonds is 6. The molecule has 1 amide bonds. The van der Waals surface area contributed by atoms with Gasteiger partial charge in [-0.15, -0.1) is 0 Å². The van der Waals surface area contributed by atoms with Crippen LogP contribution in [-0.4, -0.2) is 35.0 Å². The molecule has 0 saturated heterocycles. The van der Waals surface area contributed by atoms with Gasteiger partial charge in [0.1, 0.15) is 0 Å². The number of hydrogen-bond acceptors (Lipinski definition) is 4. The van der Waals surface area contributed by atoms with E-state index >= 15 is 0 Å². The van der Waals surface area contributed by atoms with E-state index in [0.29, 0.717) is 35.1 Å². The topological polar surface area (TPSA) is 70.7 Å². The average Bonchev–Trinajstić information content (AvgIpc) is 2.82. The standard InChI is InChI=1S/C25H23F6N3O3S/c1-4-34-13(3)19(22(36)37-5-2)20(33-23(34)38)14-7-6-8-18(11-14)32-21(35)15-9-16(24(26,27)28)12-17(10-15)25(29,30)31/h6-12,20H,4-5H2,1-3H3,(H,32,35)(H,33,38). The molecule has 0 radical (unpaired) electrons. The number of halogens is 6. The van der Waals surface area contributed by atoms with Crippen molar-refractivity contribution in [2.75, 3.05) is 18.5 Å². The van der Waals surface area contributed by atoms with E-state index < -0.39 is 47.0 Å². The minimum absolute atomic E-state index is 0.0553. The molecule has 0 bridgehead atoms. The first-order valence-corrected chi connectivity index (χ1v) is 11.7. The van der Waals surface area contributed by atoms with Gasteiger partial charge < -0.3 is 20.3 Å². The summed E-state index contributed by atoms with van der Waals surface area (Å²) in [7, 11) is 0. The number of nitrogens with zero attached hydrogens (tertiary/aromatic N) is 1. The Morgan fingerprint density at radius 2 is 1.63 bits per heavy atom. The second-order valence-corrected chi connectivity index (χ2v) is 8.61. The summed E-state index contributed by atoms with van der Waals surface area (Å²) in [6.07, 6.45) is -10.2. The van der Waals surface area contributed by atoms with Gasteiger partial charge in [-0.25, -0.2) is 4.79 Å². The molecule has 204 valence electrons. The highest BCUT2D eigenvalue weighted by Crippen LogP contribution is 2.37. The van der Waals surface area contributed by atoms with Gasteiger partial charge in [-0.05, 0) is 68.9 Å². The van der Waals surface area contributed by atoms with Crippen molar-refractivity contribution in [3.63, 3.8) is 0 Å². The molecule has 38 heavy (non-hydrogen) atoms. The molecule has 1 unspecified atom stereocenters. The lowest BCUT2D eigenvalue weighted by Gasteiger charge is -2.37. The van der Waals surface area contributed by atoms with Gasteiger partial charge in [0.2, 0.25) is 0 Å². The van der Waals surface area contributed by atoms with E-state index in [2.05, 4.69) is 10.6 Å². The van der Waals surface area contributed by atoms with Crippen molar-refractivity contribution in [1.29, 1.82) is 0 Å². The molecular formula is C25H23F6N3O3S. The summed E-state index contributed by atoms with van der Waals surface area (Å²) < 4.78 is 84.4. The predicted octanol–water partition coefficient (Wildman–Crippen LogP) is 6.06. The monoisotopic (exact) mass is 559 g/mol. The minimum atomic E-state index is -5.10. The predicted molar refractivity (Wildman–Crippen MR) is 131 cm³/mol. The van der Waals surface area contributed by atoms with Crippen LogP contribution < -0.4 is 10.6 Å². The lowest BCUT2D eigenvalue weighted by molar-refractivity contribution is -0.143. The van der Waals surface area contributed by atoms with E-state index in [-0.39, 0.29) is 23.9 Å². The fraction of sp³-hybridized carbons (Fsp3) is 0.320. The number of anilines is 1. The van der Waals surface area contributed by atoms with Gasteiger partial charge in [0.25, 0.3) is 5.91 Å². The normalized spacial score (nSPS) is 16.3. The van der Waals surface area contributed by atoms with Crippen LogP contribution in [0, 0.1) is 0 Å². The van der Waals surface area contributed by atoms with E-state index in [1.54, 1.807) is 24.8 Å². The van der Waals surface area contributed by atoms with Gasteiger partial charge in [0.15, 0.2) is 5.11 Å². The summed E-state index contributed by atoms with van der Waals surface area (Å²) in [5.41, 5.74) is -2.70. The Kier molecular flexibility index (Phi) is 8.39. The summed E-state index contributed by atoms with van der Waals surface area (Å²) in [5.74, 6) is -1.78. The Bertz CT molecular complexity index is 1260. The fourth-order valence-corrected chi connectivity index (χ4v) is 4.35. The van der Waals surface area contributed by atoms with Gasteiger partial charge in [-0.1, -0.05) is 12.1 Å². The molecule has 0 saturated carbocycles. The van der Waals surface area contributed by atoms with Crippen LogP contribution in [0.2, 0.25) is 0 Å². The summed E-state index contributed by atoms with van der Waals surface area (Å²) >= 11 is 5.41. The van der Waals surface area contributed by atoms with Gasteiger partial charge >= 0.3 is 18.3 Å². The number of amides is 1. The van der Waals surface area contributed by atoms with Crippen LogP contribution in [0.3, 0.4) is 0 Å². The maximum absolute atomic E-state index is 13.2. The molecule has 0 aromatic heterocycles. The van der Waals surface area contributed by atoms with Crippen molar-refractivity contribution in [2.24, 2.45) is 0 Å². The highest BCUT2D eigenvalue weighted by Gasteiger charge is 2.38. The molecule has 13 heteroatoms. The van der Waals surface area contributed by atoms with Crippen LogP contribution in [0.15, 0.2) is 53.7 Å². The highest BCUT2D eigenvalue weighted by molar-refractivity contribution is 7.80. The Morgan fingerprint density at radius 3 is 2.16 bits per heavy atom. The van der Waals surface area contributed by atoms with E-state index in [9.17, 15) is 35.9 Å². The molecule has 2 N–H and O–H groups in total. The zero-order valence-corrected chi connectivity index (χ0v) is 21.2. The summed E-state index contributed by atoms with van der Waals surface area (Å²) in [6.45, 7) is 5.78. The first-order chi connectivity index (χ1) is 17.7. The van der Waals surface area contributed by atoms with Crippen molar-refractivity contribution < 1.29 is 40.7 Å². The molecular weight excluding hydrogens is 536 g/mol. The maximum Gasteiger partial charge on any atom is 0.416 e. The zero-order chi connectivity index (χ0) is 28.4. The SMILES string of the molecule is CCOC(=O)C1=C(C)N(CC)C(=S)NC1c1cccc(NC(=O)c2cc(C(F)(F)F)cc(C(F)(F)F)c2)c1. The van der Waals surface area contributed by atoms with Crippen LogP contribution in [-0.2, 0) is 21.9 Å². The molecule has 2 aromatic rings. The molecule has 1 aliphatic heterocycles. The van der Waals surface area contributed by atoms with Crippen LogP contribution in [0.25, 0.3) is 0 Å². The Hall–Kier alpha value is -3.61. The number of carbonyl (C=O) groups is 2. The van der Waals surface area contributed by atoms with Gasteiger partial charge in [-0.2, -0.15) is 26.3 Å². The quantitative estimate of drug-likeness (QED) is 0.255. The molecule has 1 atom stereocenters. The Balaban J connectivity index is 1.99. The molecule has 2 aromatic carbocycles. The lowest BCUT2D eigenvalue weighted by atomic mass is 9.94. The third-order valence-electron chi connectivity index (χ3n) is 5.74. The first kappa shape index (κ1) is 29.0. The molecule has 1 aliphatic rings. The number of esters is 1. The van der Waals surface area contributed by atoms with Gasteiger partial charge in [0, 0.05) is 23.5 Å². The second-order valence-electron chi connectivity index (χ2n) is 8.22. The molecule has 0 spiro atoms. The number of ether oxygens (including phenoxy) is 1. The van der Waals surface area contributed by atoms with E-state index in [1.165, 1.54) is 18.2 Å². The van der Waals surface area contributed by atoms with E-state index in [1.807, 2.05) is 6.92 Å². The minimum Gasteiger partial charge on any atom is -0.463 e. The molecule has 0 aliphatic carbocycles. The van der Waals surface area contributed by atoms with Crippen LogP contribution >= 0.6 is 12.2 Å². The second kappa shape index (κ2) is 11.0. The average molecular weight is 560 g/mol. The maximum atomic E-state index is 13.2. The summed E-state index contributed by atoms with van der Waals surface area (Å²) in [6, 6.07) is 5.82. The Labute approximate surface area is 219 Å². The molecule has 0 fully saturated rings. The molecule has 1 heterocycles. The summed E-state index contributed by atoms with van der Waals surface area (Å²) in [5, 5.41) is 5.71.